The van der Waals surface area contributed by atoms with Crippen molar-refractivity contribution >= 4 is 5.84 Å². The van der Waals surface area contributed by atoms with Crippen LogP contribution in [0.25, 0.3) is 0 Å². The van der Waals surface area contributed by atoms with E-state index < -0.39 is 0 Å². The van der Waals surface area contributed by atoms with E-state index in [1.165, 1.54) is 129 Å². The topological polar surface area (TPSA) is 12.7 Å². The van der Waals surface area contributed by atoms with Crippen molar-refractivity contribution in [1.82, 2.24) is 14.7 Å². The molecule has 0 saturated carbocycles. The predicted molar refractivity (Wildman–Crippen MR) is 109 cm³/mol. The van der Waals surface area contributed by atoms with Crippen LogP contribution in [-0.4, -0.2) is 83.6 Å². The summed E-state index contributed by atoms with van der Waals surface area (Å²) in [6.45, 7) is 10.4. The van der Waals surface area contributed by atoms with Crippen LogP contribution in [0.1, 0.15) is 77.0 Å². The largest absolute Gasteiger partial charge is 0.279 e. The van der Waals surface area contributed by atoms with Crippen molar-refractivity contribution in [3.63, 3.8) is 0 Å². The number of rotatable bonds is 3. The second kappa shape index (κ2) is 9.54. The lowest BCUT2D eigenvalue weighted by Gasteiger charge is -2.44. The summed E-state index contributed by atoms with van der Waals surface area (Å²) in [5, 5.41) is 0. The van der Waals surface area contributed by atoms with Crippen molar-refractivity contribution in [3.05, 3.63) is 0 Å². The number of piperidine rings is 4. The third-order valence-corrected chi connectivity index (χ3v) is 7.06. The number of hydrogen-bond donors (Lipinski definition) is 0. The maximum absolute atomic E-state index is 2.87. The van der Waals surface area contributed by atoms with Gasteiger partial charge in [0.1, 0.15) is 0 Å². The summed E-state index contributed by atoms with van der Waals surface area (Å²) in [7, 11) is 0. The summed E-state index contributed by atoms with van der Waals surface area (Å²) < 4.78 is 2.82. The average Bonchev–Trinajstić information content (AvgIpc) is 2.74. The van der Waals surface area contributed by atoms with Crippen LogP contribution < -0.4 is 0 Å². The molecule has 4 rings (SSSR count). The van der Waals surface area contributed by atoms with Crippen LogP contribution in [0.4, 0.5) is 0 Å². The Bertz CT molecular complexity index is 431. The average molecular weight is 362 g/mol. The second-order valence-corrected chi connectivity index (χ2v) is 9.02. The quantitative estimate of drug-likeness (QED) is 0.565. The smallest absolute Gasteiger partial charge is 0.278 e. The zero-order valence-corrected chi connectivity index (χ0v) is 17.0. The molecule has 26 heavy (non-hydrogen) atoms. The highest BCUT2D eigenvalue weighted by atomic mass is 15.4. The Labute approximate surface area is 161 Å². The lowest BCUT2D eigenvalue weighted by molar-refractivity contribution is -0.545. The third-order valence-electron chi connectivity index (χ3n) is 7.06. The Morgan fingerprint density at radius 1 is 0.500 bits per heavy atom. The molecule has 0 atom stereocenters. The van der Waals surface area contributed by atoms with Crippen molar-refractivity contribution in [2.45, 2.75) is 83.2 Å². The maximum atomic E-state index is 2.87. The molecule has 4 aliphatic heterocycles. The van der Waals surface area contributed by atoms with E-state index in [4.69, 9.17) is 0 Å². The number of amidine groups is 1. The minimum atomic E-state index is 0.562. The van der Waals surface area contributed by atoms with Gasteiger partial charge in [-0.1, -0.05) is 12.8 Å². The number of nitrogens with zero attached hydrogens (tertiary/aromatic N) is 4. The van der Waals surface area contributed by atoms with E-state index in [9.17, 15) is 0 Å². The van der Waals surface area contributed by atoms with E-state index >= 15 is 0 Å². The lowest BCUT2D eigenvalue weighted by Crippen LogP contribution is -2.63. The molecule has 4 nitrogen and oxygen atoms in total. The van der Waals surface area contributed by atoms with Crippen LogP contribution in [-0.2, 0) is 0 Å². The molecule has 0 aliphatic carbocycles. The van der Waals surface area contributed by atoms with Crippen LogP contribution in [0, 0.1) is 0 Å². The van der Waals surface area contributed by atoms with Gasteiger partial charge in [-0.3, -0.25) is 19.3 Å². The summed E-state index contributed by atoms with van der Waals surface area (Å²) in [5.41, 5.74) is 0. The van der Waals surface area contributed by atoms with Gasteiger partial charge in [0.05, 0.1) is 26.2 Å². The van der Waals surface area contributed by atoms with Crippen LogP contribution in [0.15, 0.2) is 0 Å². The van der Waals surface area contributed by atoms with E-state index in [0.29, 0.717) is 6.17 Å². The molecular formula is C22H41N4+. The highest BCUT2D eigenvalue weighted by Gasteiger charge is 2.41. The van der Waals surface area contributed by atoms with E-state index in [1.807, 2.05) is 0 Å². The highest BCUT2D eigenvalue weighted by Crippen LogP contribution is 2.24. The molecular weight excluding hydrogens is 320 g/mol. The Morgan fingerprint density at radius 3 is 1.42 bits per heavy atom. The van der Waals surface area contributed by atoms with E-state index in [1.54, 1.807) is 5.84 Å². The summed E-state index contributed by atoms with van der Waals surface area (Å²) in [4.78, 5) is 8.56. The normalized spacial score (nSPS) is 27.1. The maximum Gasteiger partial charge on any atom is 0.279 e. The van der Waals surface area contributed by atoms with Crippen molar-refractivity contribution in [2.24, 2.45) is 0 Å². The molecule has 148 valence electrons. The van der Waals surface area contributed by atoms with Gasteiger partial charge in [0, 0.05) is 26.2 Å². The molecule has 4 aliphatic rings. The zero-order chi connectivity index (χ0) is 17.6. The van der Waals surface area contributed by atoms with Crippen molar-refractivity contribution < 1.29 is 4.58 Å². The summed E-state index contributed by atoms with van der Waals surface area (Å²) in [5.74, 6) is 1.72. The Morgan fingerprint density at radius 2 is 0.923 bits per heavy atom. The van der Waals surface area contributed by atoms with Gasteiger partial charge in [-0.25, -0.2) is 0 Å². The molecule has 0 amide bonds. The number of likely N-dealkylation sites (tertiary alicyclic amines) is 3. The van der Waals surface area contributed by atoms with Gasteiger partial charge in [-0.05, 0) is 64.2 Å². The molecule has 0 unspecified atom stereocenters. The molecule has 0 bridgehead atoms. The third kappa shape index (κ3) is 4.44. The van der Waals surface area contributed by atoms with Crippen molar-refractivity contribution in [1.29, 1.82) is 0 Å². The SMILES string of the molecule is C1CCN(C(C(N2CCCCC2)N2CCCCC2)=[N+]2CCCCC2)CC1. The van der Waals surface area contributed by atoms with Gasteiger partial charge in [0.15, 0.2) is 6.17 Å². The second-order valence-electron chi connectivity index (χ2n) is 9.02. The van der Waals surface area contributed by atoms with Crippen molar-refractivity contribution in [2.75, 3.05) is 52.4 Å². The number of hydrogen-bond acceptors (Lipinski definition) is 2. The van der Waals surface area contributed by atoms with Crippen LogP contribution in [0.5, 0.6) is 0 Å². The van der Waals surface area contributed by atoms with E-state index in [-0.39, 0.29) is 0 Å². The Hall–Kier alpha value is -0.610. The molecule has 0 spiro atoms. The minimum Gasteiger partial charge on any atom is -0.278 e. The first-order chi connectivity index (χ1) is 12.9. The first-order valence-electron chi connectivity index (χ1n) is 11.8. The summed E-state index contributed by atoms with van der Waals surface area (Å²) in [6, 6.07) is 0. The van der Waals surface area contributed by atoms with Gasteiger partial charge in [-0.2, -0.15) is 0 Å². The molecule has 4 saturated heterocycles. The first-order valence-corrected chi connectivity index (χ1v) is 11.8. The van der Waals surface area contributed by atoms with Gasteiger partial charge in [0.2, 0.25) is 0 Å². The van der Waals surface area contributed by atoms with Gasteiger partial charge >= 0.3 is 0 Å². The minimum absolute atomic E-state index is 0.562. The fourth-order valence-electron chi connectivity index (χ4n) is 5.66. The van der Waals surface area contributed by atoms with Crippen molar-refractivity contribution in [3.8, 4) is 0 Å². The molecule has 0 aromatic carbocycles. The molecule has 0 radical (unpaired) electrons. The van der Waals surface area contributed by atoms with E-state index in [0.717, 1.165) is 0 Å². The van der Waals surface area contributed by atoms with Gasteiger partial charge < -0.3 is 0 Å². The highest BCUT2D eigenvalue weighted by molar-refractivity contribution is 5.83. The molecule has 4 heteroatoms. The van der Waals surface area contributed by atoms with Gasteiger partial charge in [0.25, 0.3) is 5.84 Å². The Balaban J connectivity index is 1.66. The predicted octanol–water partition coefficient (Wildman–Crippen LogP) is 3.37. The van der Waals surface area contributed by atoms with Crippen LogP contribution in [0.3, 0.4) is 0 Å². The van der Waals surface area contributed by atoms with Crippen LogP contribution >= 0.6 is 0 Å². The van der Waals surface area contributed by atoms with Crippen LogP contribution in [0.2, 0.25) is 0 Å². The Kier molecular flexibility index (Phi) is 6.88. The monoisotopic (exact) mass is 361 g/mol. The molecule has 0 aromatic rings. The fraction of sp³-hybridized carbons (Fsp3) is 0.955. The summed E-state index contributed by atoms with van der Waals surface area (Å²) >= 11 is 0. The molecule has 0 aromatic heterocycles. The first kappa shape index (κ1) is 18.7. The van der Waals surface area contributed by atoms with Gasteiger partial charge in [-0.15, -0.1) is 0 Å². The fourth-order valence-corrected chi connectivity index (χ4v) is 5.66. The molecule has 4 heterocycles. The molecule has 4 fully saturated rings. The van der Waals surface area contributed by atoms with E-state index in [2.05, 4.69) is 19.3 Å². The molecule has 0 N–H and O–H groups in total. The lowest BCUT2D eigenvalue weighted by atomic mass is 10.0. The zero-order valence-electron chi connectivity index (χ0n) is 17.0. The standard InChI is InChI=1S/C22H41N4/c1-5-13-23(14-6-1)21(24-15-7-2-8-16-24)22(25-17-9-3-10-18-25)26-19-11-4-12-20-26/h21H,1-20H2/q+1. The summed E-state index contributed by atoms with van der Waals surface area (Å²) in [6.07, 6.45) is 17.5.